The van der Waals surface area contributed by atoms with Crippen LogP contribution >= 0.6 is 0 Å². The second-order valence-corrected chi connectivity index (χ2v) is 3.59. The first-order valence-electron chi connectivity index (χ1n) is 3.99. The lowest BCUT2D eigenvalue weighted by Crippen LogP contribution is -2.39. The summed E-state index contributed by atoms with van der Waals surface area (Å²) in [5.74, 6) is 1.32. The third-order valence-corrected chi connectivity index (χ3v) is 2.73. The number of hydrogen-bond donors (Lipinski definition) is 0. The minimum atomic E-state index is 0.392. The van der Waals surface area contributed by atoms with Crippen molar-refractivity contribution in [2.45, 2.75) is 12.8 Å². The van der Waals surface area contributed by atoms with E-state index in [-0.39, 0.29) is 0 Å². The van der Waals surface area contributed by atoms with E-state index in [4.69, 9.17) is 0 Å². The van der Waals surface area contributed by atoms with E-state index in [0.717, 1.165) is 25.9 Å². The smallest absolute Gasteiger partial charge is 0.141 e. The Morgan fingerprint density at radius 3 is 2.30 bits per heavy atom. The fourth-order valence-electron chi connectivity index (χ4n) is 2.21. The van der Waals surface area contributed by atoms with Gasteiger partial charge in [-0.25, -0.2) is 0 Å². The summed E-state index contributed by atoms with van der Waals surface area (Å²) in [5.41, 5.74) is 0. The summed E-state index contributed by atoms with van der Waals surface area (Å²) in [4.78, 5) is 13.6. The van der Waals surface area contributed by atoms with Crippen LogP contribution in [0.15, 0.2) is 0 Å². The number of fused-ring (bicyclic) bond motifs is 2. The van der Waals surface area contributed by atoms with Gasteiger partial charge in [0, 0.05) is 24.9 Å². The number of hydrogen-bond acceptors (Lipinski definition) is 2. The van der Waals surface area contributed by atoms with Crippen molar-refractivity contribution in [3.63, 3.8) is 0 Å². The summed E-state index contributed by atoms with van der Waals surface area (Å²) in [7, 11) is 2.11. The first-order chi connectivity index (χ1) is 4.77. The Labute approximate surface area is 61.2 Å². The standard InChI is InChI=1S/C8H13NO/c1-9-4-6-2-3-7(5-9)8(6)10/h6-7H,2-5H2,1H3/t6-,7-/m0/s1. The molecule has 1 saturated carbocycles. The molecule has 2 nitrogen and oxygen atoms in total. The summed E-state index contributed by atoms with van der Waals surface area (Å²) < 4.78 is 0. The van der Waals surface area contributed by atoms with Gasteiger partial charge in [0.05, 0.1) is 0 Å². The molecule has 2 heteroatoms. The van der Waals surface area contributed by atoms with Gasteiger partial charge >= 0.3 is 0 Å². The van der Waals surface area contributed by atoms with E-state index >= 15 is 0 Å². The van der Waals surface area contributed by atoms with Gasteiger partial charge in [0.2, 0.25) is 0 Å². The molecule has 2 aliphatic rings. The minimum absolute atomic E-state index is 0.392. The molecule has 2 bridgehead atoms. The molecule has 0 N–H and O–H groups in total. The first kappa shape index (κ1) is 6.35. The molecule has 1 heterocycles. The monoisotopic (exact) mass is 139 g/mol. The van der Waals surface area contributed by atoms with Crippen LogP contribution in [0, 0.1) is 11.8 Å². The summed E-state index contributed by atoms with van der Waals surface area (Å²) in [6.45, 7) is 2.02. The summed E-state index contributed by atoms with van der Waals surface area (Å²) >= 11 is 0. The Bertz CT molecular complexity index is 151. The van der Waals surface area contributed by atoms with Crippen LogP contribution in [0.5, 0.6) is 0 Å². The lowest BCUT2D eigenvalue weighted by Gasteiger charge is -2.26. The van der Waals surface area contributed by atoms with Crippen molar-refractivity contribution in [3.8, 4) is 0 Å². The van der Waals surface area contributed by atoms with Crippen LogP contribution in [0.2, 0.25) is 0 Å². The maximum atomic E-state index is 11.3. The molecule has 0 amide bonds. The Kier molecular flexibility index (Phi) is 1.31. The van der Waals surface area contributed by atoms with Crippen molar-refractivity contribution in [1.82, 2.24) is 4.90 Å². The van der Waals surface area contributed by atoms with Crippen LogP contribution in [0.1, 0.15) is 12.8 Å². The molecule has 1 aliphatic carbocycles. The van der Waals surface area contributed by atoms with Crippen LogP contribution < -0.4 is 0 Å². The van der Waals surface area contributed by atoms with Gasteiger partial charge in [-0.05, 0) is 19.9 Å². The number of likely N-dealkylation sites (tertiary alicyclic amines) is 1. The van der Waals surface area contributed by atoms with Gasteiger partial charge in [-0.15, -0.1) is 0 Å². The van der Waals surface area contributed by atoms with Gasteiger partial charge in [-0.1, -0.05) is 0 Å². The summed E-state index contributed by atoms with van der Waals surface area (Å²) in [6.07, 6.45) is 2.29. The second-order valence-electron chi connectivity index (χ2n) is 3.59. The fraction of sp³-hybridized carbons (Fsp3) is 0.875. The van der Waals surface area contributed by atoms with Gasteiger partial charge in [-0.3, -0.25) is 4.79 Å². The highest BCUT2D eigenvalue weighted by molar-refractivity contribution is 5.86. The predicted molar refractivity (Wildman–Crippen MR) is 38.7 cm³/mol. The Morgan fingerprint density at radius 2 is 1.80 bits per heavy atom. The van der Waals surface area contributed by atoms with Crippen LogP contribution in [0.25, 0.3) is 0 Å². The molecule has 0 aromatic heterocycles. The number of rotatable bonds is 0. The molecule has 0 unspecified atom stereocenters. The van der Waals surface area contributed by atoms with Crippen LogP contribution in [-0.4, -0.2) is 30.8 Å². The zero-order valence-corrected chi connectivity index (χ0v) is 6.34. The molecule has 56 valence electrons. The van der Waals surface area contributed by atoms with E-state index in [0.29, 0.717) is 17.6 Å². The molecule has 1 aliphatic heterocycles. The number of Topliss-reactive ketones (excluding diaryl/α,β-unsaturated/α-hetero) is 1. The molecule has 2 rings (SSSR count). The lowest BCUT2D eigenvalue weighted by molar-refractivity contribution is -0.127. The molecule has 0 aromatic rings. The third-order valence-electron chi connectivity index (χ3n) is 2.73. The molecule has 10 heavy (non-hydrogen) atoms. The van der Waals surface area contributed by atoms with Gasteiger partial charge < -0.3 is 4.90 Å². The molecule has 1 saturated heterocycles. The zero-order chi connectivity index (χ0) is 7.14. The summed E-state index contributed by atoms with van der Waals surface area (Å²) in [6, 6.07) is 0. The summed E-state index contributed by atoms with van der Waals surface area (Å²) in [5, 5.41) is 0. The van der Waals surface area contributed by atoms with E-state index in [9.17, 15) is 4.79 Å². The van der Waals surface area contributed by atoms with Crippen LogP contribution in [0.4, 0.5) is 0 Å². The highest BCUT2D eigenvalue weighted by atomic mass is 16.1. The lowest BCUT2D eigenvalue weighted by atomic mass is 9.98. The van der Waals surface area contributed by atoms with Gasteiger partial charge in [-0.2, -0.15) is 0 Å². The number of piperidine rings is 1. The Hall–Kier alpha value is -0.370. The molecular weight excluding hydrogens is 126 g/mol. The molecule has 0 aromatic carbocycles. The number of nitrogens with zero attached hydrogens (tertiary/aromatic N) is 1. The van der Waals surface area contributed by atoms with E-state index in [2.05, 4.69) is 11.9 Å². The quantitative estimate of drug-likeness (QED) is 0.488. The first-order valence-corrected chi connectivity index (χ1v) is 3.99. The second kappa shape index (κ2) is 2.06. The average molecular weight is 139 g/mol. The van der Waals surface area contributed by atoms with Crippen molar-refractivity contribution >= 4 is 5.78 Å². The maximum Gasteiger partial charge on any atom is 0.141 e. The van der Waals surface area contributed by atoms with Crippen molar-refractivity contribution in [3.05, 3.63) is 0 Å². The van der Waals surface area contributed by atoms with E-state index in [1.807, 2.05) is 0 Å². The van der Waals surface area contributed by atoms with Gasteiger partial charge in [0.15, 0.2) is 0 Å². The fourth-order valence-corrected chi connectivity index (χ4v) is 2.21. The van der Waals surface area contributed by atoms with Crippen LogP contribution in [0.3, 0.4) is 0 Å². The topological polar surface area (TPSA) is 20.3 Å². The normalized spacial score (nSPS) is 40.7. The zero-order valence-electron chi connectivity index (χ0n) is 6.34. The molecule has 2 atom stereocenters. The Morgan fingerprint density at radius 1 is 1.30 bits per heavy atom. The highest BCUT2D eigenvalue weighted by Crippen LogP contribution is 2.32. The largest absolute Gasteiger partial charge is 0.305 e. The van der Waals surface area contributed by atoms with E-state index in [1.54, 1.807) is 0 Å². The maximum absolute atomic E-state index is 11.3. The van der Waals surface area contributed by atoms with Crippen molar-refractivity contribution < 1.29 is 4.79 Å². The van der Waals surface area contributed by atoms with Gasteiger partial charge in [0.1, 0.15) is 5.78 Å². The number of carbonyl (C=O) groups is 1. The van der Waals surface area contributed by atoms with Crippen LogP contribution in [-0.2, 0) is 4.79 Å². The number of ketones is 1. The molecule has 2 fully saturated rings. The van der Waals surface area contributed by atoms with E-state index < -0.39 is 0 Å². The minimum Gasteiger partial charge on any atom is -0.305 e. The van der Waals surface area contributed by atoms with Gasteiger partial charge in [0.25, 0.3) is 0 Å². The molecular formula is C8H13NO. The predicted octanol–water partition coefficient (Wildman–Crippen LogP) is 0.527. The average Bonchev–Trinajstić information content (AvgIpc) is 2.20. The molecule has 0 radical (unpaired) electrons. The van der Waals surface area contributed by atoms with Crippen molar-refractivity contribution in [2.75, 3.05) is 20.1 Å². The highest BCUT2D eigenvalue weighted by Gasteiger charge is 2.39. The third kappa shape index (κ3) is 0.788. The molecule has 0 spiro atoms. The number of carbonyl (C=O) groups excluding carboxylic acids is 1. The van der Waals surface area contributed by atoms with E-state index in [1.165, 1.54) is 0 Å². The van der Waals surface area contributed by atoms with Crippen molar-refractivity contribution in [2.24, 2.45) is 11.8 Å². The van der Waals surface area contributed by atoms with Crippen molar-refractivity contribution in [1.29, 1.82) is 0 Å². The Balaban J connectivity index is 2.16. The SMILES string of the molecule is CN1C[C@@H]2CC[C@@H](C1)C2=O.